The van der Waals surface area contributed by atoms with Crippen LogP contribution in [0.25, 0.3) is 16.7 Å². The largest absolute Gasteiger partial charge is 0.490 e. The highest BCUT2D eigenvalue weighted by Gasteiger charge is 2.51. The molecular weight excluding hydrogens is 733 g/mol. The minimum absolute atomic E-state index is 0.0110. The molecule has 6 aliphatic heterocycles. The van der Waals surface area contributed by atoms with Crippen LogP contribution in [0, 0.1) is 11.7 Å². The molecule has 0 amide bonds. The first-order chi connectivity index (χ1) is 27.8. The minimum atomic E-state index is -0.793. The minimum Gasteiger partial charge on any atom is -0.490 e. The van der Waals surface area contributed by atoms with Crippen LogP contribution >= 0.6 is 0 Å². The van der Waals surface area contributed by atoms with E-state index in [1.165, 1.54) is 12.1 Å². The van der Waals surface area contributed by atoms with Crippen LogP contribution in [0.2, 0.25) is 0 Å². The number of aromatic nitrogens is 4. The van der Waals surface area contributed by atoms with Gasteiger partial charge in [0.2, 0.25) is 0 Å². The predicted molar refractivity (Wildman–Crippen MR) is 212 cm³/mol. The molecule has 3 aromatic rings. The number of ether oxygens (including phenoxy) is 3. The average molecular weight is 792 g/mol. The SMILES string of the molecule is CO[C@@H]1CN(C)C[C@@H]2C[C@@H](CN2c2nc3nc4c2cnn4-c2ccc(F)cc2OCCN2CCOC(C3)C2)NC2CCCC(N2)C2CC(F)CC3NC(C)N(C1)C32. The van der Waals surface area contributed by atoms with Crippen molar-refractivity contribution in [3.05, 3.63) is 36.0 Å². The van der Waals surface area contributed by atoms with Gasteiger partial charge in [0, 0.05) is 95.6 Å². The summed E-state index contributed by atoms with van der Waals surface area (Å²) in [6.45, 7) is 8.68. The van der Waals surface area contributed by atoms with Crippen molar-refractivity contribution in [1.29, 1.82) is 0 Å². The number of alkyl halides is 1. The Bertz CT molecular complexity index is 1910. The third-order valence-electron chi connectivity index (χ3n) is 14.0. The summed E-state index contributed by atoms with van der Waals surface area (Å²) in [7, 11) is 4.03. The Hall–Kier alpha value is -3.09. The number of rotatable bonds is 2. The highest BCUT2D eigenvalue weighted by atomic mass is 19.1. The Labute approximate surface area is 333 Å². The Morgan fingerprint density at radius 1 is 0.947 bits per heavy atom. The van der Waals surface area contributed by atoms with Crippen molar-refractivity contribution < 1.29 is 23.0 Å². The molecule has 12 atom stereocenters. The molecule has 6 fully saturated rings. The maximum atomic E-state index is 15.5. The Balaban J connectivity index is 1.02. The fourth-order valence-corrected chi connectivity index (χ4v) is 11.4. The molecule has 7 aliphatic rings. The van der Waals surface area contributed by atoms with Gasteiger partial charge in [0.25, 0.3) is 0 Å². The van der Waals surface area contributed by atoms with Gasteiger partial charge in [0.15, 0.2) is 5.65 Å². The monoisotopic (exact) mass is 791 g/mol. The van der Waals surface area contributed by atoms with Gasteiger partial charge >= 0.3 is 0 Å². The highest BCUT2D eigenvalue weighted by Crippen LogP contribution is 2.40. The lowest BCUT2D eigenvalue weighted by Crippen LogP contribution is -2.61. The molecule has 8 heterocycles. The Kier molecular flexibility index (Phi) is 10.6. The molecule has 8 bridgehead atoms. The van der Waals surface area contributed by atoms with E-state index >= 15 is 4.39 Å². The van der Waals surface area contributed by atoms with Crippen LogP contribution in [0.1, 0.15) is 51.3 Å². The first-order valence-corrected chi connectivity index (χ1v) is 21.4. The molecule has 310 valence electrons. The number of fused-ring (bicyclic) bond motifs is 10. The normalized spacial score (nSPS) is 37.9. The van der Waals surface area contributed by atoms with Gasteiger partial charge < -0.3 is 24.0 Å². The summed E-state index contributed by atoms with van der Waals surface area (Å²) < 4.78 is 50.7. The van der Waals surface area contributed by atoms with E-state index in [4.69, 9.17) is 29.3 Å². The van der Waals surface area contributed by atoms with Crippen molar-refractivity contribution in [3.63, 3.8) is 0 Å². The van der Waals surface area contributed by atoms with E-state index in [2.05, 4.69) is 49.5 Å². The lowest BCUT2D eigenvalue weighted by molar-refractivity contribution is -0.0313. The van der Waals surface area contributed by atoms with Gasteiger partial charge in [0.05, 0.1) is 42.7 Å². The van der Waals surface area contributed by atoms with Crippen molar-refractivity contribution in [2.75, 3.05) is 78.1 Å². The summed E-state index contributed by atoms with van der Waals surface area (Å²) in [4.78, 5) is 20.3. The summed E-state index contributed by atoms with van der Waals surface area (Å²) in [6, 6.07) is 5.62. The lowest BCUT2D eigenvalue weighted by Gasteiger charge is -2.47. The van der Waals surface area contributed by atoms with Gasteiger partial charge in [-0.1, -0.05) is 0 Å². The maximum Gasteiger partial charge on any atom is 0.168 e. The number of anilines is 1. The number of halogens is 2. The third-order valence-corrected chi connectivity index (χ3v) is 14.0. The number of nitrogens with one attached hydrogen (secondary N) is 3. The first-order valence-electron chi connectivity index (χ1n) is 21.4. The highest BCUT2D eigenvalue weighted by molar-refractivity contribution is 5.88. The van der Waals surface area contributed by atoms with Crippen molar-refractivity contribution in [2.45, 2.75) is 113 Å². The van der Waals surface area contributed by atoms with Crippen LogP contribution in [-0.2, 0) is 15.9 Å². The van der Waals surface area contributed by atoms with E-state index in [9.17, 15) is 4.39 Å². The predicted octanol–water partition coefficient (Wildman–Crippen LogP) is 2.29. The van der Waals surface area contributed by atoms with Gasteiger partial charge in [-0.15, -0.1) is 0 Å². The van der Waals surface area contributed by atoms with Crippen LogP contribution in [0.5, 0.6) is 5.75 Å². The number of piperidine rings is 1. The number of likely N-dealkylation sites (N-methyl/N-ethyl adjacent to an activating group) is 1. The number of nitrogens with zero attached hydrogens (tertiary/aromatic N) is 8. The van der Waals surface area contributed by atoms with E-state index < -0.39 is 6.17 Å². The molecule has 1 saturated carbocycles. The van der Waals surface area contributed by atoms with E-state index in [0.29, 0.717) is 61.9 Å². The molecule has 9 unspecified atom stereocenters. The zero-order valence-electron chi connectivity index (χ0n) is 33.5. The quantitative estimate of drug-likeness (QED) is 0.353. The fraction of sp³-hybridized carbons (Fsp3) is 0.732. The smallest absolute Gasteiger partial charge is 0.168 e. The van der Waals surface area contributed by atoms with Crippen molar-refractivity contribution in [3.8, 4) is 11.4 Å². The van der Waals surface area contributed by atoms with Gasteiger partial charge in [0.1, 0.15) is 41.7 Å². The summed E-state index contributed by atoms with van der Waals surface area (Å²) in [5.41, 5.74) is 1.31. The van der Waals surface area contributed by atoms with E-state index in [-0.39, 0.29) is 66.5 Å². The fourth-order valence-electron chi connectivity index (χ4n) is 11.4. The summed E-state index contributed by atoms with van der Waals surface area (Å²) in [5.74, 6) is 1.86. The molecule has 10 rings (SSSR count). The second-order valence-electron chi connectivity index (χ2n) is 17.8. The Morgan fingerprint density at radius 3 is 2.74 bits per heavy atom. The summed E-state index contributed by atoms with van der Waals surface area (Å²) >= 11 is 0. The second kappa shape index (κ2) is 15.8. The molecule has 2 aromatic heterocycles. The zero-order valence-corrected chi connectivity index (χ0v) is 33.5. The molecule has 14 nitrogen and oxygen atoms in total. The molecule has 57 heavy (non-hydrogen) atoms. The number of hydrogen-bond donors (Lipinski definition) is 3. The van der Waals surface area contributed by atoms with Gasteiger partial charge in [-0.05, 0) is 70.5 Å². The molecular formula is C41H59F2N11O3. The van der Waals surface area contributed by atoms with Crippen molar-refractivity contribution in [2.24, 2.45) is 5.92 Å². The first kappa shape index (κ1) is 38.1. The zero-order chi connectivity index (χ0) is 38.8. The summed E-state index contributed by atoms with van der Waals surface area (Å²) in [5, 5.41) is 17.6. The number of hydrogen-bond acceptors (Lipinski definition) is 13. The summed E-state index contributed by atoms with van der Waals surface area (Å²) in [6.07, 6.45) is 7.17. The number of methoxy groups -OCH3 is 1. The topological polar surface area (TPSA) is 120 Å². The molecule has 5 saturated heterocycles. The van der Waals surface area contributed by atoms with Crippen molar-refractivity contribution >= 4 is 16.9 Å². The standard InChI is InChI=1S/C41H59F2N11O3/c1-24-45-34-14-26(43)13-31-33-5-4-6-37(47-33)46-27-16-28(20-50(2)21-30(55-3)23-52(24)39(31)34)53(19-27)40-32-18-44-54-35-8-7-25(42)15-36(35)57-12-10-51-9-11-56-29(22-51)17-38(48-40)49-41(32)54/h7-8,15,18,24,26-31,33-34,37,39,45-47H,4-6,9-14,16-17,19-23H2,1-3H3/t24?,26?,27-,28-,29?,30+,31?,33?,34?,37?,39?/m0/s1. The average Bonchev–Trinajstić information content (AvgIpc) is 3.88. The Morgan fingerprint density at radius 2 is 1.84 bits per heavy atom. The number of benzene rings is 1. The lowest BCUT2D eigenvalue weighted by atomic mass is 9.74. The van der Waals surface area contributed by atoms with Crippen LogP contribution in [-0.4, -0.2) is 169 Å². The molecule has 0 spiro atoms. The molecule has 16 heteroatoms. The molecule has 0 radical (unpaired) electrons. The van der Waals surface area contributed by atoms with E-state index in [0.717, 1.165) is 76.2 Å². The molecule has 1 aromatic carbocycles. The van der Waals surface area contributed by atoms with Crippen LogP contribution in [0.3, 0.4) is 0 Å². The van der Waals surface area contributed by atoms with E-state index in [1.807, 2.05) is 13.3 Å². The van der Waals surface area contributed by atoms with Crippen molar-refractivity contribution in [1.82, 2.24) is 50.4 Å². The van der Waals surface area contributed by atoms with Gasteiger partial charge in [-0.3, -0.25) is 25.8 Å². The van der Waals surface area contributed by atoms with Crippen LogP contribution < -0.4 is 25.6 Å². The molecule has 3 N–H and O–H groups in total. The van der Waals surface area contributed by atoms with Crippen LogP contribution in [0.15, 0.2) is 24.4 Å². The van der Waals surface area contributed by atoms with Crippen LogP contribution in [0.4, 0.5) is 14.6 Å². The second-order valence-corrected chi connectivity index (χ2v) is 17.8. The number of morpholine rings is 1. The van der Waals surface area contributed by atoms with Gasteiger partial charge in [-0.25, -0.2) is 23.4 Å². The molecule has 1 aliphatic carbocycles. The maximum absolute atomic E-state index is 15.5. The van der Waals surface area contributed by atoms with Gasteiger partial charge in [-0.2, -0.15) is 5.10 Å². The van der Waals surface area contributed by atoms with E-state index in [1.54, 1.807) is 10.7 Å². The third kappa shape index (κ3) is 7.53.